The van der Waals surface area contributed by atoms with Crippen molar-refractivity contribution in [1.82, 2.24) is 10.2 Å². The second-order valence-corrected chi connectivity index (χ2v) is 7.34. The number of aromatic amines is 1. The minimum Gasteiger partial charge on any atom is -0.444 e. The summed E-state index contributed by atoms with van der Waals surface area (Å²) in [5, 5.41) is 9.25. The van der Waals surface area contributed by atoms with Crippen LogP contribution >= 0.6 is 0 Å². The number of benzene rings is 2. The lowest BCUT2D eigenvalue weighted by molar-refractivity contribution is 0.155. The van der Waals surface area contributed by atoms with Crippen LogP contribution in [0.2, 0.25) is 0 Å². The average Bonchev–Trinajstić information content (AvgIpc) is 2.77. The number of hydrogen-bond acceptors (Lipinski definition) is 4. The van der Waals surface area contributed by atoms with Crippen molar-refractivity contribution in [1.29, 1.82) is 0 Å². The Morgan fingerprint density at radius 3 is 2.63 bits per heavy atom. The van der Waals surface area contributed by atoms with Gasteiger partial charge in [0.15, 0.2) is 0 Å². The summed E-state index contributed by atoms with van der Waals surface area (Å²) < 4.78 is 19.4. The summed E-state index contributed by atoms with van der Waals surface area (Å²) in [6.07, 6.45) is 3.30. The Labute approximate surface area is 173 Å². The van der Waals surface area contributed by atoms with E-state index >= 15 is 0 Å². The van der Waals surface area contributed by atoms with Gasteiger partial charge in [0, 0.05) is 12.0 Å². The number of aromatic nitrogens is 2. The molecule has 1 aliphatic rings. The molecular weight excluding hydrogens is 385 g/mol. The van der Waals surface area contributed by atoms with E-state index in [0.29, 0.717) is 6.42 Å². The van der Waals surface area contributed by atoms with E-state index in [2.05, 4.69) is 15.5 Å². The Morgan fingerprint density at radius 1 is 1.07 bits per heavy atom. The molecule has 0 saturated carbocycles. The highest BCUT2D eigenvalue weighted by Gasteiger charge is 2.18. The molecule has 0 fully saturated rings. The minimum atomic E-state index is -0.727. The third-order valence-corrected chi connectivity index (χ3v) is 5.23. The summed E-state index contributed by atoms with van der Waals surface area (Å²) >= 11 is 0. The highest BCUT2D eigenvalue weighted by Crippen LogP contribution is 2.24. The van der Waals surface area contributed by atoms with Gasteiger partial charge in [-0.2, -0.15) is 5.10 Å². The second-order valence-electron chi connectivity index (χ2n) is 7.34. The third-order valence-electron chi connectivity index (χ3n) is 5.23. The van der Waals surface area contributed by atoms with E-state index in [9.17, 15) is 14.0 Å². The highest BCUT2D eigenvalue weighted by atomic mass is 19.1. The molecule has 0 aliphatic heterocycles. The van der Waals surface area contributed by atoms with Crippen molar-refractivity contribution in [3.05, 3.63) is 92.6 Å². The van der Waals surface area contributed by atoms with Gasteiger partial charge in [0.25, 0.3) is 5.56 Å². The number of nitrogens with one attached hydrogen (secondary N) is 2. The molecule has 30 heavy (non-hydrogen) atoms. The average molecular weight is 407 g/mol. The van der Waals surface area contributed by atoms with Crippen molar-refractivity contribution < 1.29 is 13.9 Å². The van der Waals surface area contributed by atoms with Crippen LogP contribution in [0.4, 0.5) is 14.9 Å². The Kier molecular flexibility index (Phi) is 5.88. The van der Waals surface area contributed by atoms with Gasteiger partial charge < -0.3 is 4.74 Å². The van der Waals surface area contributed by atoms with Gasteiger partial charge in [0.2, 0.25) is 0 Å². The molecule has 0 bridgehead atoms. The number of H-pyrrole nitrogens is 1. The molecule has 2 aromatic carbocycles. The van der Waals surface area contributed by atoms with Crippen LogP contribution in [-0.2, 0) is 30.6 Å². The van der Waals surface area contributed by atoms with E-state index in [0.717, 1.165) is 53.6 Å². The van der Waals surface area contributed by atoms with Gasteiger partial charge in [0.1, 0.15) is 12.4 Å². The summed E-state index contributed by atoms with van der Waals surface area (Å²) in [6, 6.07) is 13.8. The first-order chi connectivity index (χ1) is 14.6. The van der Waals surface area contributed by atoms with Crippen LogP contribution in [0, 0.1) is 5.82 Å². The van der Waals surface area contributed by atoms with E-state index in [4.69, 9.17) is 4.74 Å². The molecule has 7 heteroatoms. The predicted molar refractivity (Wildman–Crippen MR) is 111 cm³/mol. The Balaban J connectivity index is 1.47. The zero-order valence-corrected chi connectivity index (χ0v) is 16.4. The summed E-state index contributed by atoms with van der Waals surface area (Å²) in [4.78, 5) is 24.1. The summed E-state index contributed by atoms with van der Waals surface area (Å²) in [7, 11) is 0. The van der Waals surface area contributed by atoms with Crippen molar-refractivity contribution in [3.8, 4) is 0 Å². The van der Waals surface area contributed by atoms with Crippen LogP contribution in [0.25, 0.3) is 0 Å². The van der Waals surface area contributed by atoms with E-state index < -0.39 is 11.9 Å². The summed E-state index contributed by atoms with van der Waals surface area (Å²) in [5.74, 6) is -0.549. The van der Waals surface area contributed by atoms with Crippen molar-refractivity contribution in [2.45, 2.75) is 38.7 Å². The largest absolute Gasteiger partial charge is 0.444 e. The number of ether oxygens (including phenoxy) is 1. The van der Waals surface area contributed by atoms with Gasteiger partial charge in [-0.3, -0.25) is 10.1 Å². The molecule has 3 aromatic rings. The van der Waals surface area contributed by atoms with Crippen LogP contribution in [0.3, 0.4) is 0 Å². The first-order valence-corrected chi connectivity index (χ1v) is 9.95. The fourth-order valence-corrected chi connectivity index (χ4v) is 3.71. The third kappa shape index (κ3) is 4.56. The lowest BCUT2D eigenvalue weighted by atomic mass is 9.90. The number of carbonyl (C=O) groups is 1. The molecule has 0 saturated heterocycles. The lowest BCUT2D eigenvalue weighted by Crippen LogP contribution is -2.23. The lowest BCUT2D eigenvalue weighted by Gasteiger charge is -2.17. The van der Waals surface area contributed by atoms with Crippen molar-refractivity contribution >= 4 is 11.8 Å². The molecule has 0 unspecified atom stereocenters. The molecule has 6 nitrogen and oxygen atoms in total. The number of carbonyl (C=O) groups excluding carboxylic acids is 1. The number of rotatable bonds is 5. The van der Waals surface area contributed by atoms with Crippen LogP contribution in [0.1, 0.15) is 40.8 Å². The van der Waals surface area contributed by atoms with Gasteiger partial charge in [-0.1, -0.05) is 36.4 Å². The fourth-order valence-electron chi connectivity index (χ4n) is 3.71. The molecule has 1 heterocycles. The molecule has 2 N–H and O–H groups in total. The second kappa shape index (κ2) is 8.90. The molecule has 1 aromatic heterocycles. The van der Waals surface area contributed by atoms with E-state index in [1.807, 2.05) is 30.3 Å². The SMILES string of the molecule is O=C(Nc1cc(Cc2n[nH]c(=O)c3c2CCCC3)ccc1F)OCc1ccccc1. The van der Waals surface area contributed by atoms with E-state index in [-0.39, 0.29) is 17.9 Å². The van der Waals surface area contributed by atoms with Crippen LogP contribution in [0.5, 0.6) is 0 Å². The smallest absolute Gasteiger partial charge is 0.412 e. The number of fused-ring (bicyclic) bond motifs is 1. The normalized spacial score (nSPS) is 12.8. The maximum atomic E-state index is 14.2. The Morgan fingerprint density at radius 2 is 1.83 bits per heavy atom. The van der Waals surface area contributed by atoms with Crippen LogP contribution < -0.4 is 10.9 Å². The van der Waals surface area contributed by atoms with Gasteiger partial charge in [-0.05, 0) is 54.5 Å². The summed E-state index contributed by atoms with van der Waals surface area (Å²) in [5.41, 5.74) is 4.12. The number of nitrogens with zero attached hydrogens (tertiary/aromatic N) is 1. The first-order valence-electron chi connectivity index (χ1n) is 9.95. The van der Waals surface area contributed by atoms with Gasteiger partial charge in [0.05, 0.1) is 11.4 Å². The maximum Gasteiger partial charge on any atom is 0.412 e. The minimum absolute atomic E-state index is 0.0452. The fraction of sp³-hybridized carbons (Fsp3) is 0.261. The van der Waals surface area contributed by atoms with E-state index in [1.54, 1.807) is 12.1 Å². The predicted octanol–water partition coefficient (Wildman–Crippen LogP) is 4.13. The van der Waals surface area contributed by atoms with Crippen molar-refractivity contribution in [3.63, 3.8) is 0 Å². The van der Waals surface area contributed by atoms with Crippen molar-refractivity contribution in [2.75, 3.05) is 5.32 Å². The molecule has 1 amide bonds. The standard InChI is InChI=1S/C23H22FN3O3/c24-19-11-10-16(12-20-17-8-4-5-9-18(17)22(28)27-26-20)13-21(19)25-23(29)30-14-15-6-2-1-3-7-15/h1-3,6-7,10-11,13H,4-5,8-9,12,14H2,(H,25,29)(H,27,28). The molecule has 1 aliphatic carbocycles. The number of halogens is 1. The zero-order chi connectivity index (χ0) is 20.9. The molecule has 4 rings (SSSR count). The van der Waals surface area contributed by atoms with Gasteiger partial charge in [-0.15, -0.1) is 0 Å². The highest BCUT2D eigenvalue weighted by molar-refractivity contribution is 5.84. The molecule has 0 atom stereocenters. The molecule has 0 radical (unpaired) electrons. The molecular formula is C23H22FN3O3. The monoisotopic (exact) mass is 407 g/mol. The molecule has 154 valence electrons. The van der Waals surface area contributed by atoms with Gasteiger partial charge in [-0.25, -0.2) is 14.3 Å². The quantitative estimate of drug-likeness (QED) is 0.666. The first kappa shape index (κ1) is 19.8. The van der Waals surface area contributed by atoms with E-state index in [1.165, 1.54) is 6.07 Å². The number of anilines is 1. The Hall–Kier alpha value is -3.48. The summed E-state index contributed by atoms with van der Waals surface area (Å²) in [6.45, 7) is 0.0986. The van der Waals surface area contributed by atoms with Crippen LogP contribution in [0.15, 0.2) is 53.3 Å². The number of hydrogen-bond donors (Lipinski definition) is 2. The maximum absolute atomic E-state index is 14.2. The molecule has 0 spiro atoms. The van der Waals surface area contributed by atoms with Gasteiger partial charge >= 0.3 is 6.09 Å². The topological polar surface area (TPSA) is 84.1 Å². The zero-order valence-electron chi connectivity index (χ0n) is 16.4. The van der Waals surface area contributed by atoms with Crippen molar-refractivity contribution in [2.24, 2.45) is 0 Å². The number of amides is 1. The van der Waals surface area contributed by atoms with Crippen LogP contribution in [-0.4, -0.2) is 16.3 Å². The Bertz CT molecular complexity index is 1110.